The average molecular weight is 236 g/mol. The van der Waals surface area contributed by atoms with Crippen molar-refractivity contribution in [1.29, 1.82) is 0 Å². The molecule has 0 bridgehead atoms. The highest BCUT2D eigenvalue weighted by atomic mass is 14.5. The molecule has 2 fully saturated rings. The number of fused-ring (bicyclic) bond motifs is 1. The molecule has 0 nitrogen and oxygen atoms in total. The Hall–Kier alpha value is 0. The largest absolute Gasteiger partial charge is 0.0651 e. The zero-order valence-electron chi connectivity index (χ0n) is 12.4. The molecule has 2 saturated carbocycles. The predicted molar refractivity (Wildman–Crippen MR) is 76.0 cm³/mol. The molecule has 0 aromatic carbocycles. The maximum Gasteiger partial charge on any atom is -0.0357 e. The minimum atomic E-state index is 0.900. The van der Waals surface area contributed by atoms with Crippen LogP contribution in [0.15, 0.2) is 0 Å². The molecule has 0 N–H and O–H groups in total. The summed E-state index contributed by atoms with van der Waals surface area (Å²) in [5.41, 5.74) is 0. The number of rotatable bonds is 4. The fourth-order valence-electron chi connectivity index (χ4n) is 4.41. The Balaban J connectivity index is 2.00. The summed E-state index contributed by atoms with van der Waals surface area (Å²) in [6.07, 6.45) is 10.6. The summed E-state index contributed by atoms with van der Waals surface area (Å²) in [5, 5.41) is 0. The molecule has 0 saturated heterocycles. The van der Waals surface area contributed by atoms with Gasteiger partial charge in [-0.1, -0.05) is 34.1 Å². The summed E-state index contributed by atoms with van der Waals surface area (Å²) >= 11 is 0. The van der Waals surface area contributed by atoms with Crippen LogP contribution in [0.25, 0.3) is 0 Å². The fourth-order valence-corrected chi connectivity index (χ4v) is 4.41. The third-order valence-corrected chi connectivity index (χ3v) is 5.82. The van der Waals surface area contributed by atoms with Gasteiger partial charge in [-0.2, -0.15) is 0 Å². The van der Waals surface area contributed by atoms with Crippen LogP contribution in [-0.2, 0) is 0 Å². The average Bonchev–Trinajstić information content (AvgIpc) is 2.34. The maximum atomic E-state index is 2.49. The van der Waals surface area contributed by atoms with Crippen molar-refractivity contribution >= 4 is 0 Å². The molecule has 0 heterocycles. The van der Waals surface area contributed by atoms with Gasteiger partial charge >= 0.3 is 0 Å². The number of hydrogen-bond donors (Lipinski definition) is 0. The Morgan fingerprint density at radius 1 is 1.00 bits per heavy atom. The van der Waals surface area contributed by atoms with Crippen molar-refractivity contribution in [2.24, 2.45) is 35.5 Å². The first-order chi connectivity index (χ1) is 8.11. The van der Waals surface area contributed by atoms with E-state index in [-0.39, 0.29) is 0 Å². The standard InChI is InChI=1S/C17H32/c1-5-13(4)15-7-6-14-8-9-17(14)16(11-15)10-12(2)3/h12-17H,5-11H2,1-4H3. The molecule has 0 aliphatic heterocycles. The highest BCUT2D eigenvalue weighted by molar-refractivity contribution is 4.91. The van der Waals surface area contributed by atoms with Crippen molar-refractivity contribution in [2.45, 2.75) is 72.6 Å². The van der Waals surface area contributed by atoms with Crippen molar-refractivity contribution in [3.05, 3.63) is 0 Å². The van der Waals surface area contributed by atoms with Gasteiger partial charge in [0.05, 0.1) is 0 Å². The van der Waals surface area contributed by atoms with E-state index in [1.165, 1.54) is 19.3 Å². The molecule has 2 aliphatic rings. The second-order valence-electron chi connectivity index (χ2n) is 7.35. The molecule has 100 valence electrons. The second-order valence-corrected chi connectivity index (χ2v) is 7.35. The lowest BCUT2D eigenvalue weighted by Crippen LogP contribution is -2.32. The summed E-state index contributed by atoms with van der Waals surface area (Å²) in [6.45, 7) is 9.69. The number of hydrogen-bond acceptors (Lipinski definition) is 0. The van der Waals surface area contributed by atoms with E-state index >= 15 is 0 Å². The Labute approximate surface area is 109 Å². The molecule has 2 rings (SSSR count). The van der Waals surface area contributed by atoms with Gasteiger partial charge in [0, 0.05) is 0 Å². The van der Waals surface area contributed by atoms with E-state index in [1.54, 1.807) is 25.7 Å². The smallest absolute Gasteiger partial charge is 0.0357 e. The Bertz CT molecular complexity index is 230. The van der Waals surface area contributed by atoms with Crippen molar-refractivity contribution in [1.82, 2.24) is 0 Å². The minimum absolute atomic E-state index is 0.900. The molecule has 5 atom stereocenters. The van der Waals surface area contributed by atoms with Crippen LogP contribution in [0, 0.1) is 35.5 Å². The van der Waals surface area contributed by atoms with Gasteiger partial charge in [-0.25, -0.2) is 0 Å². The Morgan fingerprint density at radius 3 is 2.24 bits per heavy atom. The van der Waals surface area contributed by atoms with E-state index in [0.29, 0.717) is 0 Å². The highest BCUT2D eigenvalue weighted by Crippen LogP contribution is 2.51. The third-order valence-electron chi connectivity index (χ3n) is 5.82. The predicted octanol–water partition coefficient (Wildman–Crippen LogP) is 5.52. The SMILES string of the molecule is CCC(C)C1CCC2CCC2C(CC(C)C)C1. The van der Waals surface area contributed by atoms with Crippen molar-refractivity contribution in [3.63, 3.8) is 0 Å². The van der Waals surface area contributed by atoms with Crippen LogP contribution in [0.5, 0.6) is 0 Å². The zero-order valence-corrected chi connectivity index (χ0v) is 12.4. The van der Waals surface area contributed by atoms with Crippen molar-refractivity contribution in [3.8, 4) is 0 Å². The van der Waals surface area contributed by atoms with Gasteiger partial charge in [0.15, 0.2) is 0 Å². The van der Waals surface area contributed by atoms with Crippen LogP contribution in [0.4, 0.5) is 0 Å². The van der Waals surface area contributed by atoms with Gasteiger partial charge in [0.25, 0.3) is 0 Å². The van der Waals surface area contributed by atoms with Gasteiger partial charge < -0.3 is 0 Å². The Morgan fingerprint density at radius 2 is 1.71 bits per heavy atom. The van der Waals surface area contributed by atoms with E-state index in [2.05, 4.69) is 27.7 Å². The van der Waals surface area contributed by atoms with E-state index in [1.807, 2.05) is 0 Å². The van der Waals surface area contributed by atoms with Crippen LogP contribution in [0.2, 0.25) is 0 Å². The summed E-state index contributed by atoms with van der Waals surface area (Å²) in [7, 11) is 0. The second kappa shape index (κ2) is 5.76. The first-order valence-corrected chi connectivity index (χ1v) is 8.11. The van der Waals surface area contributed by atoms with E-state index in [0.717, 1.165) is 35.5 Å². The van der Waals surface area contributed by atoms with Crippen LogP contribution in [0.3, 0.4) is 0 Å². The van der Waals surface area contributed by atoms with Crippen LogP contribution in [0.1, 0.15) is 72.6 Å². The first kappa shape index (κ1) is 13.4. The van der Waals surface area contributed by atoms with Crippen molar-refractivity contribution in [2.75, 3.05) is 0 Å². The Kier molecular flexibility index (Phi) is 4.55. The molecule has 0 radical (unpaired) electrons. The van der Waals surface area contributed by atoms with Gasteiger partial charge in [-0.15, -0.1) is 0 Å². The molecular weight excluding hydrogens is 204 g/mol. The van der Waals surface area contributed by atoms with E-state index < -0.39 is 0 Å². The normalized spacial score (nSPS) is 39.4. The first-order valence-electron chi connectivity index (χ1n) is 8.11. The zero-order chi connectivity index (χ0) is 12.4. The topological polar surface area (TPSA) is 0 Å². The molecule has 0 aromatic rings. The molecular formula is C17H32. The molecule has 0 amide bonds. The summed E-state index contributed by atoms with van der Waals surface area (Å²) in [4.78, 5) is 0. The van der Waals surface area contributed by atoms with Gasteiger partial charge in [-0.3, -0.25) is 0 Å². The van der Waals surface area contributed by atoms with Gasteiger partial charge in [0.1, 0.15) is 0 Å². The summed E-state index contributed by atoms with van der Waals surface area (Å²) in [6, 6.07) is 0. The molecule has 0 spiro atoms. The van der Waals surface area contributed by atoms with E-state index in [9.17, 15) is 0 Å². The monoisotopic (exact) mass is 236 g/mol. The quantitative estimate of drug-likeness (QED) is 0.603. The molecule has 17 heavy (non-hydrogen) atoms. The lowest BCUT2D eigenvalue weighted by molar-refractivity contribution is 0.0903. The highest BCUT2D eigenvalue weighted by Gasteiger charge is 2.40. The van der Waals surface area contributed by atoms with Crippen molar-refractivity contribution < 1.29 is 0 Å². The van der Waals surface area contributed by atoms with Crippen LogP contribution < -0.4 is 0 Å². The summed E-state index contributed by atoms with van der Waals surface area (Å²) < 4.78 is 0. The lowest BCUT2D eigenvalue weighted by Gasteiger charge is -2.41. The van der Waals surface area contributed by atoms with Crippen LogP contribution in [-0.4, -0.2) is 0 Å². The molecule has 5 unspecified atom stereocenters. The van der Waals surface area contributed by atoms with Gasteiger partial charge in [0.2, 0.25) is 0 Å². The third kappa shape index (κ3) is 3.06. The summed E-state index contributed by atoms with van der Waals surface area (Å²) in [5.74, 6) is 6.20. The van der Waals surface area contributed by atoms with Gasteiger partial charge in [-0.05, 0) is 74.0 Å². The minimum Gasteiger partial charge on any atom is -0.0651 e. The molecule has 0 aromatic heterocycles. The van der Waals surface area contributed by atoms with E-state index in [4.69, 9.17) is 0 Å². The molecule has 0 heteroatoms. The maximum absolute atomic E-state index is 2.49. The fraction of sp³-hybridized carbons (Fsp3) is 1.00. The lowest BCUT2D eigenvalue weighted by atomic mass is 9.64. The molecule has 2 aliphatic carbocycles. The van der Waals surface area contributed by atoms with Crippen LogP contribution >= 0.6 is 0 Å².